The summed E-state index contributed by atoms with van der Waals surface area (Å²) < 4.78 is 1.22. The molecule has 0 aromatic carbocycles. The summed E-state index contributed by atoms with van der Waals surface area (Å²) in [7, 11) is 1.58. The molecule has 0 saturated carbocycles. The van der Waals surface area contributed by atoms with Gasteiger partial charge in [-0.15, -0.1) is 0 Å². The van der Waals surface area contributed by atoms with Crippen LogP contribution in [0.25, 0.3) is 0 Å². The van der Waals surface area contributed by atoms with Gasteiger partial charge in [-0.2, -0.15) is 5.10 Å². The Morgan fingerprint density at radius 1 is 1.50 bits per heavy atom. The minimum atomic E-state index is -0.275. The molecule has 0 saturated heterocycles. The molecule has 0 aliphatic heterocycles. The zero-order chi connectivity index (χ0) is 12.3. The van der Waals surface area contributed by atoms with E-state index < -0.39 is 0 Å². The minimum absolute atomic E-state index is 0.202. The van der Waals surface area contributed by atoms with Crippen molar-refractivity contribution in [1.29, 1.82) is 0 Å². The number of anilines is 1. The topological polar surface area (TPSA) is 46.9 Å². The zero-order valence-electron chi connectivity index (χ0n) is 10.1. The van der Waals surface area contributed by atoms with Gasteiger partial charge >= 0.3 is 0 Å². The van der Waals surface area contributed by atoms with Gasteiger partial charge in [-0.3, -0.25) is 4.79 Å². The van der Waals surface area contributed by atoms with Gasteiger partial charge in [0.15, 0.2) is 0 Å². The van der Waals surface area contributed by atoms with Crippen molar-refractivity contribution < 1.29 is 0 Å². The highest BCUT2D eigenvalue weighted by atomic mass is 35.5. The Balaban J connectivity index is 2.82. The average molecular weight is 244 g/mol. The first-order valence-corrected chi connectivity index (χ1v) is 5.78. The first kappa shape index (κ1) is 13.0. The summed E-state index contributed by atoms with van der Waals surface area (Å²) in [5.74, 6) is 0.598. The van der Waals surface area contributed by atoms with Crippen molar-refractivity contribution >= 4 is 17.3 Å². The van der Waals surface area contributed by atoms with E-state index in [0.717, 1.165) is 6.42 Å². The van der Waals surface area contributed by atoms with E-state index in [4.69, 9.17) is 11.6 Å². The number of aromatic nitrogens is 2. The number of nitrogens with zero attached hydrogens (tertiary/aromatic N) is 2. The number of nitrogens with one attached hydrogen (secondary N) is 1. The summed E-state index contributed by atoms with van der Waals surface area (Å²) in [6.45, 7) is 6.37. The third-order valence-corrected chi connectivity index (χ3v) is 2.67. The summed E-state index contributed by atoms with van der Waals surface area (Å²) in [6.07, 6.45) is 2.60. The molecule has 1 N–H and O–H groups in total. The molecule has 0 amide bonds. The highest BCUT2D eigenvalue weighted by molar-refractivity contribution is 6.32. The van der Waals surface area contributed by atoms with Crippen molar-refractivity contribution in [2.45, 2.75) is 33.2 Å². The van der Waals surface area contributed by atoms with Crippen molar-refractivity contribution in [3.05, 3.63) is 21.6 Å². The Labute approximate surface area is 101 Å². The van der Waals surface area contributed by atoms with Crippen LogP contribution in [0.3, 0.4) is 0 Å². The van der Waals surface area contributed by atoms with Crippen molar-refractivity contribution in [2.75, 3.05) is 5.32 Å². The molecule has 0 radical (unpaired) electrons. The van der Waals surface area contributed by atoms with E-state index in [9.17, 15) is 4.79 Å². The van der Waals surface area contributed by atoms with Gasteiger partial charge in [0.05, 0.1) is 11.9 Å². The SMILES string of the molecule is CC(C)CC(C)Nc1cnn(C)c(=O)c1Cl. The van der Waals surface area contributed by atoms with Crippen molar-refractivity contribution in [2.24, 2.45) is 13.0 Å². The third-order valence-electron chi connectivity index (χ3n) is 2.31. The van der Waals surface area contributed by atoms with Crippen LogP contribution in [-0.4, -0.2) is 15.8 Å². The van der Waals surface area contributed by atoms with Crippen LogP contribution in [0.1, 0.15) is 27.2 Å². The van der Waals surface area contributed by atoms with E-state index in [1.807, 2.05) is 0 Å². The molecule has 0 spiro atoms. The lowest BCUT2D eigenvalue weighted by molar-refractivity contribution is 0.539. The molecule has 1 aromatic rings. The molecule has 1 heterocycles. The first-order valence-electron chi connectivity index (χ1n) is 5.40. The predicted molar refractivity (Wildman–Crippen MR) is 67.0 cm³/mol. The number of hydrogen-bond donors (Lipinski definition) is 1. The maximum Gasteiger partial charge on any atom is 0.287 e. The van der Waals surface area contributed by atoms with Crippen LogP contribution in [-0.2, 0) is 7.05 Å². The van der Waals surface area contributed by atoms with Crippen LogP contribution in [0.4, 0.5) is 5.69 Å². The fraction of sp³-hybridized carbons (Fsp3) is 0.636. The fourth-order valence-electron chi connectivity index (χ4n) is 1.64. The second-order valence-electron chi connectivity index (χ2n) is 4.48. The minimum Gasteiger partial charge on any atom is -0.380 e. The van der Waals surface area contributed by atoms with Gasteiger partial charge in [-0.1, -0.05) is 25.4 Å². The first-order chi connectivity index (χ1) is 7.41. The molecule has 1 unspecified atom stereocenters. The standard InChI is InChI=1S/C11H18ClN3O/c1-7(2)5-8(3)14-9-6-13-15(4)11(16)10(9)12/h6-8,14H,5H2,1-4H3. The van der Waals surface area contributed by atoms with Gasteiger partial charge in [0.2, 0.25) is 0 Å². The molecule has 0 bridgehead atoms. The van der Waals surface area contributed by atoms with Crippen LogP contribution in [0.15, 0.2) is 11.0 Å². The van der Waals surface area contributed by atoms with E-state index in [-0.39, 0.29) is 16.6 Å². The van der Waals surface area contributed by atoms with Crippen LogP contribution in [0, 0.1) is 5.92 Å². The van der Waals surface area contributed by atoms with Gasteiger partial charge in [0.25, 0.3) is 5.56 Å². The molecular weight excluding hydrogens is 226 g/mol. The molecule has 1 rings (SSSR count). The molecule has 0 aliphatic carbocycles. The van der Waals surface area contributed by atoms with E-state index in [1.54, 1.807) is 13.2 Å². The highest BCUT2D eigenvalue weighted by Gasteiger charge is 2.10. The van der Waals surface area contributed by atoms with Crippen molar-refractivity contribution in [3.8, 4) is 0 Å². The fourth-order valence-corrected chi connectivity index (χ4v) is 1.87. The Morgan fingerprint density at radius 3 is 2.69 bits per heavy atom. The number of halogens is 1. The van der Waals surface area contributed by atoms with Crippen molar-refractivity contribution in [3.63, 3.8) is 0 Å². The molecule has 90 valence electrons. The molecule has 4 nitrogen and oxygen atoms in total. The maximum atomic E-state index is 11.5. The van der Waals surface area contributed by atoms with Gasteiger partial charge in [-0.25, -0.2) is 4.68 Å². The van der Waals surface area contributed by atoms with Gasteiger partial charge in [0, 0.05) is 13.1 Å². The molecule has 16 heavy (non-hydrogen) atoms. The Hall–Kier alpha value is -1.03. The van der Waals surface area contributed by atoms with Crippen molar-refractivity contribution in [1.82, 2.24) is 9.78 Å². The average Bonchev–Trinajstić information content (AvgIpc) is 2.18. The Morgan fingerprint density at radius 2 is 2.12 bits per heavy atom. The number of hydrogen-bond acceptors (Lipinski definition) is 3. The number of aryl methyl sites for hydroxylation is 1. The highest BCUT2D eigenvalue weighted by Crippen LogP contribution is 2.18. The van der Waals surface area contributed by atoms with Crippen LogP contribution < -0.4 is 10.9 Å². The lowest BCUT2D eigenvalue weighted by Gasteiger charge is -2.17. The second-order valence-corrected chi connectivity index (χ2v) is 4.85. The quantitative estimate of drug-likeness (QED) is 0.883. The van der Waals surface area contributed by atoms with E-state index in [1.165, 1.54) is 4.68 Å². The predicted octanol–water partition coefficient (Wildman–Crippen LogP) is 2.28. The lowest BCUT2D eigenvalue weighted by Crippen LogP contribution is -2.24. The molecule has 0 fully saturated rings. The summed E-state index contributed by atoms with van der Waals surface area (Å²) >= 11 is 5.94. The summed E-state index contributed by atoms with van der Waals surface area (Å²) in [5.41, 5.74) is 0.335. The van der Waals surface area contributed by atoms with Crippen LogP contribution >= 0.6 is 11.6 Å². The van der Waals surface area contributed by atoms with E-state index >= 15 is 0 Å². The van der Waals surface area contributed by atoms with Gasteiger partial charge < -0.3 is 5.32 Å². The second kappa shape index (κ2) is 5.34. The van der Waals surface area contributed by atoms with E-state index in [0.29, 0.717) is 11.6 Å². The largest absolute Gasteiger partial charge is 0.380 e. The zero-order valence-corrected chi connectivity index (χ0v) is 10.9. The molecule has 1 aromatic heterocycles. The number of rotatable bonds is 4. The summed E-state index contributed by atoms with van der Waals surface area (Å²) in [6, 6.07) is 0.270. The maximum absolute atomic E-state index is 11.5. The normalized spacial score (nSPS) is 12.9. The lowest BCUT2D eigenvalue weighted by atomic mass is 10.1. The van der Waals surface area contributed by atoms with E-state index in [2.05, 4.69) is 31.2 Å². The monoisotopic (exact) mass is 243 g/mol. The summed E-state index contributed by atoms with van der Waals surface area (Å²) in [5, 5.41) is 7.33. The smallest absolute Gasteiger partial charge is 0.287 e. The van der Waals surface area contributed by atoms with Gasteiger partial charge in [0.1, 0.15) is 5.02 Å². The molecule has 1 atom stereocenters. The Kier molecular flexibility index (Phi) is 4.35. The van der Waals surface area contributed by atoms with Gasteiger partial charge in [-0.05, 0) is 19.3 Å². The molecule has 5 heteroatoms. The van der Waals surface area contributed by atoms with Crippen LogP contribution in [0.5, 0.6) is 0 Å². The van der Waals surface area contributed by atoms with Crippen LogP contribution in [0.2, 0.25) is 5.02 Å². The third kappa shape index (κ3) is 3.23. The molecular formula is C11H18ClN3O. The summed E-state index contributed by atoms with van der Waals surface area (Å²) in [4.78, 5) is 11.5. The molecule has 0 aliphatic rings. The Bertz CT molecular complexity index is 414.